The van der Waals surface area contributed by atoms with Gasteiger partial charge in [0.2, 0.25) is 0 Å². The Balaban J connectivity index is 2.20. The molecule has 0 spiro atoms. The van der Waals surface area contributed by atoms with E-state index in [9.17, 15) is 0 Å². The fourth-order valence-electron chi connectivity index (χ4n) is 2.16. The van der Waals surface area contributed by atoms with Crippen molar-refractivity contribution in [3.63, 3.8) is 0 Å². The molecule has 0 heterocycles. The molecule has 2 unspecified atom stereocenters. The Morgan fingerprint density at radius 3 is 2.88 bits per heavy atom. The average molecular weight is 231 g/mol. The van der Waals surface area contributed by atoms with Gasteiger partial charge in [0, 0.05) is 11.6 Å². The van der Waals surface area contributed by atoms with E-state index in [0.717, 1.165) is 17.7 Å². The molecule has 2 atom stereocenters. The molecule has 1 aliphatic rings. The monoisotopic (exact) mass is 231 g/mol. The van der Waals surface area contributed by atoms with E-state index in [2.05, 4.69) is 37.3 Å². The Hall–Kier alpha value is -1.28. The van der Waals surface area contributed by atoms with Gasteiger partial charge in [0.25, 0.3) is 0 Å². The molecule has 2 heteroatoms. The molecule has 1 aliphatic carbocycles. The third-order valence-electron chi connectivity index (χ3n) is 3.15. The minimum Gasteiger partial charge on any atom is -0.486 e. The maximum Gasteiger partial charge on any atom is 0.125 e. The smallest absolute Gasteiger partial charge is 0.125 e. The van der Waals surface area contributed by atoms with E-state index >= 15 is 0 Å². The van der Waals surface area contributed by atoms with Gasteiger partial charge in [-0.1, -0.05) is 18.2 Å². The van der Waals surface area contributed by atoms with Gasteiger partial charge in [-0.15, -0.1) is 0 Å². The molecule has 0 fully saturated rings. The Morgan fingerprint density at radius 1 is 1.41 bits per heavy atom. The fourth-order valence-corrected chi connectivity index (χ4v) is 2.16. The van der Waals surface area contributed by atoms with E-state index in [-0.39, 0.29) is 12.1 Å². The third kappa shape index (κ3) is 3.10. The van der Waals surface area contributed by atoms with Crippen LogP contribution in [0.1, 0.15) is 43.4 Å². The number of aryl methyl sites for hydroxylation is 1. The highest BCUT2D eigenvalue weighted by Crippen LogP contribution is 2.28. The Morgan fingerprint density at radius 2 is 2.24 bits per heavy atom. The molecule has 2 nitrogen and oxygen atoms in total. The van der Waals surface area contributed by atoms with E-state index in [4.69, 9.17) is 10.5 Å². The Labute approximate surface area is 103 Å². The molecule has 0 aliphatic heterocycles. The first-order chi connectivity index (χ1) is 8.16. The number of allylic oxidation sites excluding steroid dienone is 1. The first-order valence-corrected chi connectivity index (χ1v) is 6.36. The normalized spacial score (nSPS) is 21.2. The van der Waals surface area contributed by atoms with Crippen molar-refractivity contribution < 1.29 is 4.74 Å². The van der Waals surface area contributed by atoms with Gasteiger partial charge in [-0.2, -0.15) is 0 Å². The maximum absolute atomic E-state index is 6.06. The highest BCUT2D eigenvalue weighted by molar-refractivity contribution is 5.39. The summed E-state index contributed by atoms with van der Waals surface area (Å²) in [6.07, 6.45) is 8.06. The summed E-state index contributed by atoms with van der Waals surface area (Å²) in [5.41, 5.74) is 8.28. The van der Waals surface area contributed by atoms with E-state index in [1.165, 1.54) is 18.4 Å². The van der Waals surface area contributed by atoms with E-state index in [1.54, 1.807) is 0 Å². The molecule has 0 radical (unpaired) electrons. The molecular formula is C15H21NO. The highest BCUT2D eigenvalue weighted by atomic mass is 16.5. The Bertz CT molecular complexity index is 409. The predicted octanol–water partition coefficient (Wildman–Crippen LogP) is 3.50. The van der Waals surface area contributed by atoms with Crippen LogP contribution in [0.25, 0.3) is 0 Å². The van der Waals surface area contributed by atoms with Gasteiger partial charge in [-0.05, 0) is 50.8 Å². The van der Waals surface area contributed by atoms with Gasteiger partial charge in [-0.25, -0.2) is 0 Å². The van der Waals surface area contributed by atoms with Crippen LogP contribution in [0.5, 0.6) is 5.75 Å². The van der Waals surface area contributed by atoms with Gasteiger partial charge in [0.15, 0.2) is 0 Å². The van der Waals surface area contributed by atoms with E-state index in [0.29, 0.717) is 0 Å². The topological polar surface area (TPSA) is 35.2 Å². The summed E-state index contributed by atoms with van der Waals surface area (Å²) in [6, 6.07) is 6.25. The first kappa shape index (κ1) is 12.2. The molecule has 2 N–H and O–H groups in total. The quantitative estimate of drug-likeness (QED) is 0.808. The molecule has 1 aromatic carbocycles. The molecule has 0 amide bonds. The largest absolute Gasteiger partial charge is 0.486 e. The zero-order chi connectivity index (χ0) is 12.3. The molecule has 2 rings (SSSR count). The minimum absolute atomic E-state index is 0.0122. The number of nitrogens with two attached hydrogens (primary N) is 1. The number of benzene rings is 1. The molecule has 1 aromatic rings. The van der Waals surface area contributed by atoms with Crippen LogP contribution < -0.4 is 10.5 Å². The SMILES string of the molecule is Cc1ccc(C(C)N)c(OC2C=CCCC2)c1. The van der Waals surface area contributed by atoms with Crippen LogP contribution in [0.3, 0.4) is 0 Å². The average Bonchev–Trinajstić information content (AvgIpc) is 2.30. The Kier molecular flexibility index (Phi) is 3.85. The fraction of sp³-hybridized carbons (Fsp3) is 0.467. The minimum atomic E-state index is 0.0122. The summed E-state index contributed by atoms with van der Waals surface area (Å²) in [5.74, 6) is 0.941. The maximum atomic E-state index is 6.06. The summed E-state index contributed by atoms with van der Waals surface area (Å²) in [5, 5.41) is 0. The van der Waals surface area contributed by atoms with Gasteiger partial charge < -0.3 is 10.5 Å². The van der Waals surface area contributed by atoms with Gasteiger partial charge in [0.05, 0.1) is 0 Å². The van der Waals surface area contributed by atoms with Crippen molar-refractivity contribution in [2.24, 2.45) is 5.73 Å². The predicted molar refractivity (Wildman–Crippen MR) is 71.2 cm³/mol. The number of hydrogen-bond acceptors (Lipinski definition) is 2. The standard InChI is InChI=1S/C15H21NO/c1-11-8-9-14(12(2)16)15(10-11)17-13-6-4-3-5-7-13/h4,6,8-10,12-13H,3,5,7,16H2,1-2H3. The zero-order valence-electron chi connectivity index (χ0n) is 10.6. The van der Waals surface area contributed by atoms with Crippen molar-refractivity contribution in [1.82, 2.24) is 0 Å². The van der Waals surface area contributed by atoms with Crippen LogP contribution >= 0.6 is 0 Å². The number of rotatable bonds is 3. The second kappa shape index (κ2) is 5.37. The molecule has 0 aromatic heterocycles. The molecule has 0 saturated carbocycles. The van der Waals surface area contributed by atoms with Gasteiger partial charge in [-0.3, -0.25) is 0 Å². The number of ether oxygens (including phenoxy) is 1. The van der Waals surface area contributed by atoms with E-state index < -0.39 is 0 Å². The van der Waals surface area contributed by atoms with E-state index in [1.807, 2.05) is 6.92 Å². The molecule has 0 bridgehead atoms. The second-order valence-electron chi connectivity index (χ2n) is 4.85. The molecular weight excluding hydrogens is 210 g/mol. The van der Waals surface area contributed by atoms with Crippen LogP contribution in [0.15, 0.2) is 30.4 Å². The second-order valence-corrected chi connectivity index (χ2v) is 4.85. The van der Waals surface area contributed by atoms with Crippen molar-refractivity contribution in [1.29, 1.82) is 0 Å². The zero-order valence-corrected chi connectivity index (χ0v) is 10.6. The van der Waals surface area contributed by atoms with Crippen LogP contribution in [-0.4, -0.2) is 6.10 Å². The lowest BCUT2D eigenvalue weighted by Crippen LogP contribution is -2.18. The summed E-state index contributed by atoms with van der Waals surface area (Å²) in [4.78, 5) is 0. The molecule has 17 heavy (non-hydrogen) atoms. The summed E-state index contributed by atoms with van der Waals surface area (Å²) >= 11 is 0. The van der Waals surface area contributed by atoms with Crippen molar-refractivity contribution in [3.8, 4) is 5.75 Å². The van der Waals surface area contributed by atoms with Crippen LogP contribution in [0.2, 0.25) is 0 Å². The van der Waals surface area contributed by atoms with Gasteiger partial charge >= 0.3 is 0 Å². The van der Waals surface area contributed by atoms with Crippen molar-refractivity contribution in [2.45, 2.75) is 45.3 Å². The summed E-state index contributed by atoms with van der Waals surface area (Å²) in [6.45, 7) is 4.07. The third-order valence-corrected chi connectivity index (χ3v) is 3.15. The lowest BCUT2D eigenvalue weighted by molar-refractivity contribution is 0.227. The summed E-state index contributed by atoms with van der Waals surface area (Å²) < 4.78 is 6.06. The number of hydrogen-bond donors (Lipinski definition) is 1. The van der Waals surface area contributed by atoms with Crippen LogP contribution in [0, 0.1) is 6.92 Å². The lowest BCUT2D eigenvalue weighted by atomic mass is 10.0. The van der Waals surface area contributed by atoms with Crippen molar-refractivity contribution >= 4 is 0 Å². The van der Waals surface area contributed by atoms with Crippen LogP contribution in [0.4, 0.5) is 0 Å². The van der Waals surface area contributed by atoms with Crippen molar-refractivity contribution in [3.05, 3.63) is 41.5 Å². The lowest BCUT2D eigenvalue weighted by Gasteiger charge is -2.22. The highest BCUT2D eigenvalue weighted by Gasteiger charge is 2.14. The molecule has 0 saturated heterocycles. The van der Waals surface area contributed by atoms with Crippen LogP contribution in [-0.2, 0) is 0 Å². The van der Waals surface area contributed by atoms with Gasteiger partial charge in [0.1, 0.15) is 11.9 Å². The summed E-state index contributed by atoms with van der Waals surface area (Å²) in [7, 11) is 0. The molecule has 92 valence electrons. The first-order valence-electron chi connectivity index (χ1n) is 6.36. The van der Waals surface area contributed by atoms with Crippen molar-refractivity contribution in [2.75, 3.05) is 0 Å².